The fourth-order valence-electron chi connectivity index (χ4n) is 2.80. The molecule has 2 aliphatic heterocycles. The number of imide groups is 1. The molecule has 122 valence electrons. The van der Waals surface area contributed by atoms with Gasteiger partial charge >= 0.3 is 12.1 Å². The number of para-hydroxylation sites is 2. The Hall–Kier alpha value is -2.77. The molecule has 0 spiro atoms. The molecule has 0 aliphatic carbocycles. The smallest absolute Gasteiger partial charge is 0.417 e. The van der Waals surface area contributed by atoms with Crippen LogP contribution in [0.4, 0.5) is 15.3 Å². The van der Waals surface area contributed by atoms with Gasteiger partial charge in [-0.2, -0.15) is 0 Å². The molecule has 2 fully saturated rings. The Labute approximate surface area is 132 Å². The number of hydrogen-bond acceptors (Lipinski definition) is 5. The zero-order valence-corrected chi connectivity index (χ0v) is 12.7. The minimum atomic E-state index is -0.632. The minimum absolute atomic E-state index is 0.220. The number of methoxy groups -OCH3 is 1. The lowest BCUT2D eigenvalue weighted by molar-refractivity contribution is -0.127. The molecular weight excluding hydrogens is 302 g/mol. The number of likely N-dealkylation sites (tertiary alicyclic amines) is 1. The number of hydrogen-bond donors (Lipinski definition) is 1. The van der Waals surface area contributed by atoms with Crippen molar-refractivity contribution in [2.75, 3.05) is 32.1 Å². The van der Waals surface area contributed by atoms with Crippen LogP contribution in [0, 0.1) is 0 Å². The second kappa shape index (κ2) is 6.15. The Morgan fingerprint density at radius 1 is 1.35 bits per heavy atom. The van der Waals surface area contributed by atoms with Crippen LogP contribution in [-0.2, 0) is 9.53 Å². The molecule has 4 amide bonds. The summed E-state index contributed by atoms with van der Waals surface area (Å²) in [4.78, 5) is 38.3. The summed E-state index contributed by atoms with van der Waals surface area (Å²) in [6.07, 6.45) is -0.0906. The third-order valence-electron chi connectivity index (χ3n) is 3.95. The van der Waals surface area contributed by atoms with E-state index in [-0.39, 0.29) is 24.6 Å². The van der Waals surface area contributed by atoms with Crippen molar-refractivity contribution in [2.24, 2.45) is 0 Å². The fraction of sp³-hybridized carbons (Fsp3) is 0.400. The van der Waals surface area contributed by atoms with E-state index in [0.29, 0.717) is 30.9 Å². The van der Waals surface area contributed by atoms with Crippen LogP contribution in [0.25, 0.3) is 0 Å². The van der Waals surface area contributed by atoms with Gasteiger partial charge in [-0.25, -0.2) is 14.5 Å². The monoisotopic (exact) mass is 319 g/mol. The first kappa shape index (κ1) is 15.1. The van der Waals surface area contributed by atoms with Gasteiger partial charge in [0.15, 0.2) is 6.61 Å². The van der Waals surface area contributed by atoms with E-state index < -0.39 is 6.09 Å². The Balaban J connectivity index is 1.63. The topological polar surface area (TPSA) is 88.2 Å². The van der Waals surface area contributed by atoms with Crippen molar-refractivity contribution in [2.45, 2.75) is 12.5 Å². The molecule has 2 heterocycles. The van der Waals surface area contributed by atoms with E-state index in [0.717, 1.165) is 4.90 Å². The van der Waals surface area contributed by atoms with Gasteiger partial charge in [0.1, 0.15) is 5.75 Å². The van der Waals surface area contributed by atoms with Gasteiger partial charge in [0.2, 0.25) is 0 Å². The van der Waals surface area contributed by atoms with Gasteiger partial charge in [0, 0.05) is 13.1 Å². The SMILES string of the molecule is COc1ccccc1NC(=O)N1CCC(N2C(=O)COC2=O)C1. The summed E-state index contributed by atoms with van der Waals surface area (Å²) < 4.78 is 9.91. The zero-order chi connectivity index (χ0) is 16.4. The van der Waals surface area contributed by atoms with Crippen LogP contribution in [0.15, 0.2) is 24.3 Å². The standard InChI is InChI=1S/C15H17N3O5/c1-22-12-5-3-2-4-11(12)16-14(20)17-7-6-10(8-17)18-13(19)9-23-15(18)21/h2-5,10H,6-9H2,1H3,(H,16,20). The Morgan fingerprint density at radius 3 is 2.83 bits per heavy atom. The van der Waals surface area contributed by atoms with Gasteiger partial charge in [-0.05, 0) is 18.6 Å². The number of carbonyl (C=O) groups excluding carboxylic acids is 3. The van der Waals surface area contributed by atoms with Crippen LogP contribution in [0.5, 0.6) is 5.75 Å². The van der Waals surface area contributed by atoms with Gasteiger partial charge in [-0.1, -0.05) is 12.1 Å². The first-order valence-electron chi connectivity index (χ1n) is 7.28. The van der Waals surface area contributed by atoms with E-state index in [1.54, 1.807) is 23.1 Å². The average molecular weight is 319 g/mol. The quantitative estimate of drug-likeness (QED) is 0.906. The van der Waals surface area contributed by atoms with Crippen molar-refractivity contribution in [3.05, 3.63) is 24.3 Å². The normalized spacial score (nSPS) is 20.7. The Bertz CT molecular complexity index is 632. The molecule has 0 radical (unpaired) electrons. The van der Waals surface area contributed by atoms with Crippen LogP contribution < -0.4 is 10.1 Å². The van der Waals surface area contributed by atoms with Crippen molar-refractivity contribution in [3.63, 3.8) is 0 Å². The lowest BCUT2D eigenvalue weighted by Gasteiger charge is -2.21. The maximum atomic E-state index is 12.3. The summed E-state index contributed by atoms with van der Waals surface area (Å²) in [7, 11) is 1.53. The largest absolute Gasteiger partial charge is 0.495 e. The minimum Gasteiger partial charge on any atom is -0.495 e. The predicted molar refractivity (Wildman–Crippen MR) is 80.2 cm³/mol. The van der Waals surface area contributed by atoms with Crippen LogP contribution in [0.2, 0.25) is 0 Å². The van der Waals surface area contributed by atoms with Crippen molar-refractivity contribution < 1.29 is 23.9 Å². The van der Waals surface area contributed by atoms with Crippen LogP contribution in [0.3, 0.4) is 0 Å². The summed E-state index contributed by atoms with van der Waals surface area (Å²) in [5, 5.41) is 2.78. The molecule has 1 aromatic rings. The maximum Gasteiger partial charge on any atom is 0.417 e. The van der Waals surface area contributed by atoms with Crippen molar-refractivity contribution >= 4 is 23.7 Å². The number of urea groups is 1. The summed E-state index contributed by atoms with van der Waals surface area (Å²) in [6, 6.07) is 6.47. The molecule has 2 saturated heterocycles. The van der Waals surface area contributed by atoms with E-state index in [2.05, 4.69) is 5.32 Å². The van der Waals surface area contributed by atoms with E-state index in [9.17, 15) is 14.4 Å². The number of nitrogens with one attached hydrogen (secondary N) is 1. The highest BCUT2D eigenvalue weighted by atomic mass is 16.6. The van der Waals surface area contributed by atoms with Crippen LogP contribution in [0.1, 0.15) is 6.42 Å². The number of amides is 4. The highest BCUT2D eigenvalue weighted by Gasteiger charge is 2.41. The summed E-state index contributed by atoms with van der Waals surface area (Å²) in [5.41, 5.74) is 0.570. The van der Waals surface area contributed by atoms with Crippen molar-refractivity contribution in [1.29, 1.82) is 0 Å². The fourth-order valence-corrected chi connectivity index (χ4v) is 2.80. The number of nitrogens with zero attached hydrogens (tertiary/aromatic N) is 2. The van der Waals surface area contributed by atoms with Gasteiger partial charge < -0.3 is 19.7 Å². The first-order valence-corrected chi connectivity index (χ1v) is 7.28. The van der Waals surface area contributed by atoms with Gasteiger partial charge in [-0.3, -0.25) is 4.79 Å². The van der Waals surface area contributed by atoms with E-state index in [4.69, 9.17) is 9.47 Å². The Morgan fingerprint density at radius 2 is 2.13 bits per heavy atom. The average Bonchev–Trinajstić information content (AvgIpc) is 3.14. The highest BCUT2D eigenvalue weighted by molar-refractivity contribution is 5.98. The molecule has 0 saturated carbocycles. The molecule has 23 heavy (non-hydrogen) atoms. The maximum absolute atomic E-state index is 12.3. The molecule has 1 N–H and O–H groups in total. The number of benzene rings is 1. The zero-order valence-electron chi connectivity index (χ0n) is 12.7. The second-order valence-corrected chi connectivity index (χ2v) is 5.34. The second-order valence-electron chi connectivity index (χ2n) is 5.34. The van der Waals surface area contributed by atoms with Crippen LogP contribution in [-0.4, -0.2) is 60.7 Å². The number of cyclic esters (lactones) is 1. The van der Waals surface area contributed by atoms with E-state index >= 15 is 0 Å². The highest BCUT2D eigenvalue weighted by Crippen LogP contribution is 2.25. The first-order chi connectivity index (χ1) is 11.1. The molecule has 1 aromatic carbocycles. The van der Waals surface area contributed by atoms with E-state index in [1.807, 2.05) is 6.07 Å². The summed E-state index contributed by atoms with van der Waals surface area (Å²) >= 11 is 0. The molecule has 3 rings (SSSR count). The molecule has 0 aromatic heterocycles. The Kier molecular flexibility index (Phi) is 4.05. The molecular formula is C15H17N3O5. The number of carbonyl (C=O) groups is 3. The third-order valence-corrected chi connectivity index (χ3v) is 3.95. The molecule has 1 unspecified atom stereocenters. The number of rotatable bonds is 3. The molecule has 0 bridgehead atoms. The predicted octanol–water partition coefficient (Wildman–Crippen LogP) is 1.28. The van der Waals surface area contributed by atoms with Gasteiger partial charge in [0.05, 0.1) is 18.8 Å². The number of ether oxygens (including phenoxy) is 2. The summed E-state index contributed by atoms with van der Waals surface area (Å²) in [5.74, 6) is 0.210. The molecule has 8 heteroatoms. The summed E-state index contributed by atoms with van der Waals surface area (Å²) in [6.45, 7) is 0.535. The van der Waals surface area contributed by atoms with E-state index in [1.165, 1.54) is 7.11 Å². The molecule has 8 nitrogen and oxygen atoms in total. The lowest BCUT2D eigenvalue weighted by atomic mass is 10.2. The van der Waals surface area contributed by atoms with Crippen LogP contribution >= 0.6 is 0 Å². The van der Waals surface area contributed by atoms with Gasteiger partial charge in [0.25, 0.3) is 5.91 Å². The van der Waals surface area contributed by atoms with Gasteiger partial charge in [-0.15, -0.1) is 0 Å². The molecule has 2 aliphatic rings. The molecule has 1 atom stereocenters. The lowest BCUT2D eigenvalue weighted by Crippen LogP contribution is -2.42. The number of anilines is 1. The third kappa shape index (κ3) is 2.92. The van der Waals surface area contributed by atoms with Crippen molar-refractivity contribution in [1.82, 2.24) is 9.80 Å². The van der Waals surface area contributed by atoms with Crippen molar-refractivity contribution in [3.8, 4) is 5.75 Å².